The molecule has 4 N–H and O–H groups in total. The number of hydrogen-bond donors (Lipinski definition) is 3. The maximum absolute atomic E-state index is 12.1. The summed E-state index contributed by atoms with van der Waals surface area (Å²) in [6.45, 7) is 3.17. The lowest BCUT2D eigenvalue weighted by molar-refractivity contribution is -0.119. The quantitative estimate of drug-likeness (QED) is 0.666. The summed E-state index contributed by atoms with van der Waals surface area (Å²) in [6, 6.07) is 3.29. The van der Waals surface area contributed by atoms with E-state index >= 15 is 0 Å². The second-order valence-corrected chi connectivity index (χ2v) is 5.63. The van der Waals surface area contributed by atoms with E-state index < -0.39 is 15.9 Å². The Bertz CT molecular complexity index is 567. The highest BCUT2D eigenvalue weighted by molar-refractivity contribution is 7.89. The van der Waals surface area contributed by atoms with Gasteiger partial charge in [-0.05, 0) is 31.0 Å². The highest BCUT2D eigenvalue weighted by atomic mass is 32.2. The molecular weight excluding hydrogens is 254 g/mol. The number of hydrogen-bond acceptors (Lipinski definition) is 4. The normalized spacial score (nSPS) is 11.3. The SMILES string of the molecule is CNC(=O)CNS(=O)(=O)c1c(N)ccc(C)c1C. The molecular formula is C11H17N3O3S. The summed E-state index contributed by atoms with van der Waals surface area (Å²) in [7, 11) is -2.35. The molecule has 0 unspecified atom stereocenters. The van der Waals surface area contributed by atoms with Crippen molar-refractivity contribution in [2.24, 2.45) is 0 Å². The van der Waals surface area contributed by atoms with Crippen molar-refractivity contribution in [3.8, 4) is 0 Å². The Kier molecular flexibility index (Phi) is 4.31. The van der Waals surface area contributed by atoms with Crippen LogP contribution in [0.1, 0.15) is 11.1 Å². The fraction of sp³-hybridized carbons (Fsp3) is 0.364. The fourth-order valence-corrected chi connectivity index (χ4v) is 2.90. The van der Waals surface area contributed by atoms with Crippen molar-refractivity contribution in [3.63, 3.8) is 0 Å². The minimum atomic E-state index is -3.79. The molecule has 1 amide bonds. The Balaban J connectivity index is 3.13. The van der Waals surface area contributed by atoms with Crippen LogP contribution in [0.3, 0.4) is 0 Å². The van der Waals surface area contributed by atoms with Crippen LogP contribution in [0.4, 0.5) is 5.69 Å². The first-order chi connectivity index (χ1) is 8.29. The van der Waals surface area contributed by atoms with E-state index in [2.05, 4.69) is 10.0 Å². The van der Waals surface area contributed by atoms with E-state index in [0.29, 0.717) is 5.56 Å². The van der Waals surface area contributed by atoms with Gasteiger partial charge >= 0.3 is 0 Å². The van der Waals surface area contributed by atoms with Crippen LogP contribution in [-0.2, 0) is 14.8 Å². The zero-order chi connectivity index (χ0) is 13.9. The summed E-state index contributed by atoms with van der Waals surface area (Å²) in [6.07, 6.45) is 0. The van der Waals surface area contributed by atoms with Gasteiger partial charge < -0.3 is 11.1 Å². The van der Waals surface area contributed by atoms with Crippen molar-refractivity contribution in [3.05, 3.63) is 23.3 Å². The van der Waals surface area contributed by atoms with Gasteiger partial charge in [-0.3, -0.25) is 4.79 Å². The Hall–Kier alpha value is -1.60. The first-order valence-corrected chi connectivity index (χ1v) is 6.84. The smallest absolute Gasteiger partial charge is 0.243 e. The summed E-state index contributed by atoms with van der Waals surface area (Å²) in [5.74, 6) is -0.414. The van der Waals surface area contributed by atoms with E-state index in [1.54, 1.807) is 19.9 Å². The number of sulfonamides is 1. The van der Waals surface area contributed by atoms with Crippen molar-refractivity contribution in [1.29, 1.82) is 0 Å². The van der Waals surface area contributed by atoms with Gasteiger partial charge in [-0.15, -0.1) is 0 Å². The molecule has 0 saturated heterocycles. The fourth-order valence-electron chi connectivity index (χ4n) is 1.49. The number of carbonyl (C=O) groups excluding carboxylic acids is 1. The lowest BCUT2D eigenvalue weighted by atomic mass is 10.1. The van der Waals surface area contributed by atoms with Crippen LogP contribution in [0.5, 0.6) is 0 Å². The van der Waals surface area contributed by atoms with Gasteiger partial charge in [0, 0.05) is 7.05 Å². The van der Waals surface area contributed by atoms with Gasteiger partial charge in [-0.25, -0.2) is 13.1 Å². The van der Waals surface area contributed by atoms with Crippen molar-refractivity contribution in [2.75, 3.05) is 19.3 Å². The second kappa shape index (κ2) is 5.36. The Morgan fingerprint density at radius 3 is 2.50 bits per heavy atom. The van der Waals surface area contributed by atoms with Gasteiger partial charge in [0.2, 0.25) is 15.9 Å². The third kappa shape index (κ3) is 2.99. The number of rotatable bonds is 4. The van der Waals surface area contributed by atoms with E-state index in [0.717, 1.165) is 5.56 Å². The zero-order valence-corrected chi connectivity index (χ0v) is 11.4. The van der Waals surface area contributed by atoms with Gasteiger partial charge in [0.15, 0.2) is 0 Å². The molecule has 0 spiro atoms. The number of aryl methyl sites for hydroxylation is 1. The molecule has 0 aliphatic carbocycles. The molecule has 0 bridgehead atoms. The first-order valence-electron chi connectivity index (χ1n) is 5.35. The molecule has 0 saturated carbocycles. The van der Waals surface area contributed by atoms with Crippen molar-refractivity contribution < 1.29 is 13.2 Å². The van der Waals surface area contributed by atoms with Gasteiger partial charge in [-0.2, -0.15) is 0 Å². The Labute approximate surface area is 107 Å². The van der Waals surface area contributed by atoms with Crippen LogP contribution in [0.25, 0.3) is 0 Å². The predicted octanol–water partition coefficient (Wildman–Crippen LogP) is -0.0901. The summed E-state index contributed by atoms with van der Waals surface area (Å²) in [4.78, 5) is 11.1. The Morgan fingerprint density at radius 2 is 1.94 bits per heavy atom. The van der Waals surface area contributed by atoms with E-state index in [-0.39, 0.29) is 17.1 Å². The van der Waals surface area contributed by atoms with E-state index in [9.17, 15) is 13.2 Å². The summed E-state index contributed by atoms with van der Waals surface area (Å²) < 4.78 is 26.4. The predicted molar refractivity (Wildman–Crippen MR) is 69.6 cm³/mol. The van der Waals surface area contributed by atoms with Crippen LogP contribution in [-0.4, -0.2) is 27.9 Å². The maximum atomic E-state index is 12.1. The number of benzene rings is 1. The van der Waals surface area contributed by atoms with Gasteiger partial charge in [0.25, 0.3) is 0 Å². The standard InChI is InChI=1S/C11H17N3O3S/c1-7-4-5-9(12)11(8(7)2)18(16,17)14-6-10(15)13-3/h4-5,14H,6,12H2,1-3H3,(H,13,15). The largest absolute Gasteiger partial charge is 0.398 e. The molecule has 0 aromatic heterocycles. The minimum Gasteiger partial charge on any atom is -0.398 e. The van der Waals surface area contributed by atoms with Crippen molar-refractivity contribution in [2.45, 2.75) is 18.7 Å². The number of amides is 1. The third-order valence-corrected chi connectivity index (χ3v) is 4.28. The van der Waals surface area contributed by atoms with E-state index in [1.807, 2.05) is 0 Å². The third-order valence-electron chi connectivity index (χ3n) is 2.68. The molecule has 0 fully saturated rings. The molecule has 0 radical (unpaired) electrons. The molecule has 6 nitrogen and oxygen atoms in total. The van der Waals surface area contributed by atoms with Crippen molar-refractivity contribution >= 4 is 21.6 Å². The lowest BCUT2D eigenvalue weighted by Gasteiger charge is -2.13. The molecule has 0 aliphatic rings. The number of nitrogen functional groups attached to an aromatic ring is 1. The highest BCUT2D eigenvalue weighted by Crippen LogP contribution is 2.24. The number of anilines is 1. The van der Waals surface area contributed by atoms with E-state index in [1.165, 1.54) is 13.1 Å². The summed E-state index contributed by atoms with van der Waals surface area (Å²) >= 11 is 0. The first kappa shape index (κ1) is 14.5. The van der Waals surface area contributed by atoms with Crippen molar-refractivity contribution in [1.82, 2.24) is 10.0 Å². The summed E-state index contributed by atoms with van der Waals surface area (Å²) in [5.41, 5.74) is 7.27. The topological polar surface area (TPSA) is 101 Å². The van der Waals surface area contributed by atoms with Crippen LogP contribution in [0, 0.1) is 13.8 Å². The molecule has 18 heavy (non-hydrogen) atoms. The lowest BCUT2D eigenvalue weighted by Crippen LogP contribution is -2.35. The molecule has 100 valence electrons. The monoisotopic (exact) mass is 271 g/mol. The van der Waals surface area contributed by atoms with Gasteiger partial charge in [-0.1, -0.05) is 6.07 Å². The molecule has 0 heterocycles. The van der Waals surface area contributed by atoms with Gasteiger partial charge in [0.05, 0.1) is 12.2 Å². The zero-order valence-electron chi connectivity index (χ0n) is 10.6. The molecule has 7 heteroatoms. The summed E-state index contributed by atoms with van der Waals surface area (Å²) in [5, 5.41) is 2.33. The van der Waals surface area contributed by atoms with E-state index in [4.69, 9.17) is 5.73 Å². The molecule has 1 aromatic carbocycles. The molecule has 0 aliphatic heterocycles. The number of carbonyl (C=O) groups is 1. The minimum absolute atomic E-state index is 0.0337. The molecule has 0 atom stereocenters. The average Bonchev–Trinajstić information content (AvgIpc) is 2.31. The van der Waals surface area contributed by atoms with Crippen LogP contribution < -0.4 is 15.8 Å². The Morgan fingerprint density at radius 1 is 1.33 bits per heavy atom. The number of likely N-dealkylation sites (N-methyl/N-ethyl adjacent to an activating group) is 1. The van der Waals surface area contributed by atoms with Crippen LogP contribution in [0.2, 0.25) is 0 Å². The molecule has 1 rings (SSSR count). The highest BCUT2D eigenvalue weighted by Gasteiger charge is 2.21. The van der Waals surface area contributed by atoms with Crippen LogP contribution in [0.15, 0.2) is 17.0 Å². The van der Waals surface area contributed by atoms with Gasteiger partial charge in [0.1, 0.15) is 4.90 Å². The molecule has 1 aromatic rings. The number of nitrogens with one attached hydrogen (secondary N) is 2. The maximum Gasteiger partial charge on any atom is 0.243 e. The van der Waals surface area contributed by atoms with Crippen LogP contribution >= 0.6 is 0 Å². The second-order valence-electron chi connectivity index (χ2n) is 3.92. The average molecular weight is 271 g/mol. The number of nitrogens with two attached hydrogens (primary N) is 1.